The number of hydrogen-bond donors (Lipinski definition) is 1. The van der Waals surface area contributed by atoms with Crippen molar-refractivity contribution in [2.45, 2.75) is 38.1 Å². The lowest BCUT2D eigenvalue weighted by molar-refractivity contribution is -0.119. The van der Waals surface area contributed by atoms with Crippen molar-refractivity contribution >= 4 is 38.9 Å². The smallest absolute Gasteiger partial charge is 0.264 e. The average molecular weight is 526 g/mol. The fraction of sp³-hybridized carbons (Fsp3) is 0.321. The Kier molecular flexibility index (Phi) is 8.21. The molecule has 1 heterocycles. The molecule has 6 nitrogen and oxygen atoms in total. The predicted octanol–water partition coefficient (Wildman–Crippen LogP) is 5.40. The average Bonchev–Trinajstić information content (AvgIpc) is 2.87. The molecular formula is C28H32ClN3O3S. The number of sulfonamides is 1. The molecule has 36 heavy (non-hydrogen) atoms. The van der Waals surface area contributed by atoms with Crippen molar-refractivity contribution in [2.75, 3.05) is 28.8 Å². The Morgan fingerprint density at radius 3 is 2.47 bits per heavy atom. The maximum absolute atomic E-state index is 13.5. The Labute approximate surface area is 218 Å². The molecule has 0 aliphatic carbocycles. The highest BCUT2D eigenvalue weighted by Gasteiger charge is 2.28. The van der Waals surface area contributed by atoms with Gasteiger partial charge in [-0.3, -0.25) is 9.10 Å². The third-order valence-corrected chi connectivity index (χ3v) is 8.50. The maximum atomic E-state index is 13.5. The summed E-state index contributed by atoms with van der Waals surface area (Å²) in [6.45, 7) is 6.15. The van der Waals surface area contributed by atoms with Gasteiger partial charge in [-0.05, 0) is 79.3 Å². The summed E-state index contributed by atoms with van der Waals surface area (Å²) in [5.41, 5.74) is 3.23. The minimum Gasteiger partial charge on any atom is -0.371 e. The van der Waals surface area contributed by atoms with Crippen LogP contribution >= 0.6 is 11.6 Å². The van der Waals surface area contributed by atoms with Crippen molar-refractivity contribution in [3.63, 3.8) is 0 Å². The number of carbonyl (C=O) groups excluding carboxylic acids is 1. The van der Waals surface area contributed by atoms with E-state index < -0.39 is 15.9 Å². The van der Waals surface area contributed by atoms with E-state index in [2.05, 4.69) is 29.3 Å². The van der Waals surface area contributed by atoms with E-state index in [1.807, 2.05) is 12.1 Å². The van der Waals surface area contributed by atoms with E-state index >= 15 is 0 Å². The molecule has 1 N–H and O–H groups in total. The van der Waals surface area contributed by atoms with E-state index in [4.69, 9.17) is 11.6 Å². The first-order valence-electron chi connectivity index (χ1n) is 12.2. The highest BCUT2D eigenvalue weighted by atomic mass is 35.5. The van der Waals surface area contributed by atoms with Crippen LogP contribution in [0.4, 0.5) is 11.4 Å². The summed E-state index contributed by atoms with van der Waals surface area (Å²) in [5.74, 6) is 0.301. The van der Waals surface area contributed by atoms with E-state index in [0.717, 1.165) is 23.0 Å². The summed E-state index contributed by atoms with van der Waals surface area (Å²) in [5, 5.41) is 3.38. The third kappa shape index (κ3) is 6.20. The molecule has 1 aliphatic rings. The van der Waals surface area contributed by atoms with Gasteiger partial charge in [-0.1, -0.05) is 48.9 Å². The molecule has 0 radical (unpaired) electrons. The number of benzene rings is 3. The molecule has 0 bridgehead atoms. The van der Waals surface area contributed by atoms with Crippen LogP contribution in [-0.2, 0) is 21.4 Å². The molecule has 1 atom stereocenters. The molecule has 1 saturated heterocycles. The quantitative estimate of drug-likeness (QED) is 0.427. The zero-order valence-electron chi connectivity index (χ0n) is 20.7. The lowest BCUT2D eigenvalue weighted by Crippen LogP contribution is -2.41. The Balaban J connectivity index is 1.47. The standard InChI is InChI=1S/C28H32ClN3O3S/c1-21-7-6-16-31(19-21)25-13-10-23(11-14-25)18-30-28(33)20-32(27-15-12-24(29)17-22(27)2)36(34,35)26-8-4-3-5-9-26/h3-5,8-15,17,21H,6-7,16,18-20H2,1-2H3,(H,30,33). The first kappa shape index (κ1) is 26.0. The van der Waals surface area contributed by atoms with Crippen molar-refractivity contribution < 1.29 is 13.2 Å². The summed E-state index contributed by atoms with van der Waals surface area (Å²) in [4.78, 5) is 15.5. The second-order valence-electron chi connectivity index (χ2n) is 9.39. The topological polar surface area (TPSA) is 69.7 Å². The molecule has 3 aromatic rings. The molecule has 3 aromatic carbocycles. The van der Waals surface area contributed by atoms with E-state index in [1.54, 1.807) is 43.3 Å². The van der Waals surface area contributed by atoms with Crippen molar-refractivity contribution in [3.05, 3.63) is 88.9 Å². The Bertz CT molecular complexity index is 1300. The van der Waals surface area contributed by atoms with E-state index in [-0.39, 0.29) is 11.4 Å². The van der Waals surface area contributed by atoms with Crippen LogP contribution in [0.25, 0.3) is 0 Å². The number of anilines is 2. The molecule has 1 amide bonds. The monoisotopic (exact) mass is 525 g/mol. The molecule has 8 heteroatoms. The van der Waals surface area contributed by atoms with Gasteiger partial charge in [-0.2, -0.15) is 0 Å². The van der Waals surface area contributed by atoms with Gasteiger partial charge in [0.25, 0.3) is 10.0 Å². The number of aryl methyl sites for hydroxylation is 1. The molecule has 0 saturated carbocycles. The maximum Gasteiger partial charge on any atom is 0.264 e. The summed E-state index contributed by atoms with van der Waals surface area (Å²) < 4.78 is 28.1. The number of piperidine rings is 1. The van der Waals surface area contributed by atoms with Crippen LogP contribution < -0.4 is 14.5 Å². The number of halogens is 1. The molecule has 1 aliphatic heterocycles. The van der Waals surface area contributed by atoms with Crippen LogP contribution in [0.3, 0.4) is 0 Å². The van der Waals surface area contributed by atoms with Crippen LogP contribution in [0.5, 0.6) is 0 Å². The Morgan fingerprint density at radius 2 is 1.81 bits per heavy atom. The minimum atomic E-state index is -3.97. The summed E-state index contributed by atoms with van der Waals surface area (Å²) in [6, 6.07) is 21.3. The normalized spacial score (nSPS) is 16.0. The Morgan fingerprint density at radius 1 is 1.08 bits per heavy atom. The van der Waals surface area contributed by atoms with Crippen molar-refractivity contribution in [3.8, 4) is 0 Å². The minimum absolute atomic E-state index is 0.120. The summed E-state index contributed by atoms with van der Waals surface area (Å²) >= 11 is 6.09. The first-order valence-corrected chi connectivity index (χ1v) is 14.0. The lowest BCUT2D eigenvalue weighted by Gasteiger charge is -2.32. The van der Waals surface area contributed by atoms with E-state index in [1.165, 1.54) is 30.7 Å². The van der Waals surface area contributed by atoms with Crippen LogP contribution in [-0.4, -0.2) is 34.0 Å². The SMILES string of the molecule is Cc1cc(Cl)ccc1N(CC(=O)NCc1ccc(N2CCCC(C)C2)cc1)S(=O)(=O)c1ccccc1. The zero-order valence-corrected chi connectivity index (χ0v) is 22.2. The molecule has 1 unspecified atom stereocenters. The van der Waals surface area contributed by atoms with Crippen molar-refractivity contribution in [1.29, 1.82) is 0 Å². The fourth-order valence-electron chi connectivity index (χ4n) is 4.55. The second kappa shape index (κ2) is 11.4. The number of rotatable bonds is 8. The van der Waals surface area contributed by atoms with Gasteiger partial charge in [-0.15, -0.1) is 0 Å². The van der Waals surface area contributed by atoms with E-state index in [0.29, 0.717) is 28.7 Å². The van der Waals surface area contributed by atoms with Crippen LogP contribution in [0.1, 0.15) is 30.9 Å². The summed E-state index contributed by atoms with van der Waals surface area (Å²) in [7, 11) is -3.97. The van der Waals surface area contributed by atoms with Gasteiger partial charge in [-0.25, -0.2) is 8.42 Å². The largest absolute Gasteiger partial charge is 0.371 e. The second-order valence-corrected chi connectivity index (χ2v) is 11.7. The predicted molar refractivity (Wildman–Crippen MR) is 146 cm³/mol. The Hall–Kier alpha value is -3.03. The van der Waals surface area contributed by atoms with Gasteiger partial charge in [0, 0.05) is 30.3 Å². The highest BCUT2D eigenvalue weighted by Crippen LogP contribution is 2.29. The van der Waals surface area contributed by atoms with Gasteiger partial charge in [0.1, 0.15) is 6.54 Å². The van der Waals surface area contributed by atoms with Crippen LogP contribution in [0, 0.1) is 12.8 Å². The van der Waals surface area contributed by atoms with Gasteiger partial charge in [0.05, 0.1) is 10.6 Å². The number of hydrogen-bond acceptors (Lipinski definition) is 4. The molecule has 4 rings (SSSR count). The van der Waals surface area contributed by atoms with Gasteiger partial charge >= 0.3 is 0 Å². The number of amides is 1. The van der Waals surface area contributed by atoms with Crippen LogP contribution in [0.15, 0.2) is 77.7 Å². The van der Waals surface area contributed by atoms with Crippen LogP contribution in [0.2, 0.25) is 5.02 Å². The van der Waals surface area contributed by atoms with Crippen molar-refractivity contribution in [1.82, 2.24) is 5.32 Å². The van der Waals surface area contributed by atoms with E-state index in [9.17, 15) is 13.2 Å². The lowest BCUT2D eigenvalue weighted by atomic mass is 9.99. The molecular weight excluding hydrogens is 494 g/mol. The molecule has 0 spiro atoms. The van der Waals surface area contributed by atoms with Crippen molar-refractivity contribution in [2.24, 2.45) is 5.92 Å². The fourth-order valence-corrected chi connectivity index (χ4v) is 6.29. The molecule has 1 fully saturated rings. The summed E-state index contributed by atoms with van der Waals surface area (Å²) in [6.07, 6.45) is 2.47. The third-order valence-electron chi connectivity index (χ3n) is 6.49. The number of carbonyl (C=O) groups is 1. The first-order chi connectivity index (χ1) is 17.2. The molecule has 0 aromatic heterocycles. The zero-order chi connectivity index (χ0) is 25.7. The van der Waals surface area contributed by atoms with Gasteiger partial charge in [0.2, 0.25) is 5.91 Å². The number of nitrogens with zero attached hydrogens (tertiary/aromatic N) is 2. The van der Waals surface area contributed by atoms with Gasteiger partial charge in [0.15, 0.2) is 0 Å². The van der Waals surface area contributed by atoms with Gasteiger partial charge < -0.3 is 10.2 Å². The number of nitrogens with one attached hydrogen (secondary N) is 1. The molecule has 190 valence electrons. The highest BCUT2D eigenvalue weighted by molar-refractivity contribution is 7.92.